The van der Waals surface area contributed by atoms with Gasteiger partial charge in [0, 0.05) is 33.3 Å². The van der Waals surface area contributed by atoms with Crippen molar-refractivity contribution in [2.45, 2.75) is 38.5 Å². The van der Waals surface area contributed by atoms with Crippen molar-refractivity contribution in [3.63, 3.8) is 0 Å². The SMILES string of the molecule is CN=C(NCc1ccc(C)c(F)c1)N1CCOC(C2CCCO2)C1.I. The molecule has 1 N–H and O–H groups in total. The van der Waals surface area contributed by atoms with Gasteiger partial charge in [0.2, 0.25) is 0 Å². The van der Waals surface area contributed by atoms with Crippen molar-refractivity contribution in [2.75, 3.05) is 33.4 Å². The van der Waals surface area contributed by atoms with Crippen molar-refractivity contribution >= 4 is 29.9 Å². The Balaban J connectivity index is 0.00000225. The molecule has 2 atom stereocenters. The van der Waals surface area contributed by atoms with Crippen LogP contribution >= 0.6 is 24.0 Å². The fraction of sp³-hybridized carbons (Fsp3) is 0.611. The number of halogens is 2. The highest BCUT2D eigenvalue weighted by atomic mass is 127. The molecule has 1 aromatic rings. The van der Waals surface area contributed by atoms with E-state index in [0.29, 0.717) is 18.7 Å². The van der Waals surface area contributed by atoms with Crippen LogP contribution in [0.1, 0.15) is 24.0 Å². The highest BCUT2D eigenvalue weighted by Gasteiger charge is 2.32. The van der Waals surface area contributed by atoms with E-state index in [1.165, 1.54) is 0 Å². The summed E-state index contributed by atoms with van der Waals surface area (Å²) in [5.74, 6) is 0.649. The average Bonchev–Trinajstić information content (AvgIpc) is 3.13. The van der Waals surface area contributed by atoms with Crippen LogP contribution in [-0.4, -0.2) is 56.4 Å². The molecule has 2 unspecified atom stereocenters. The lowest BCUT2D eigenvalue weighted by atomic mass is 10.1. The molecule has 7 heteroatoms. The summed E-state index contributed by atoms with van der Waals surface area (Å²) in [6.45, 7) is 5.38. The lowest BCUT2D eigenvalue weighted by molar-refractivity contribution is -0.0817. The van der Waals surface area contributed by atoms with Crippen LogP contribution in [0, 0.1) is 12.7 Å². The van der Waals surface area contributed by atoms with Crippen LogP contribution in [0.25, 0.3) is 0 Å². The van der Waals surface area contributed by atoms with Gasteiger partial charge >= 0.3 is 0 Å². The first-order chi connectivity index (χ1) is 11.7. The van der Waals surface area contributed by atoms with E-state index in [9.17, 15) is 4.39 Å². The zero-order chi connectivity index (χ0) is 16.9. The second kappa shape index (κ2) is 9.68. The molecule has 2 fully saturated rings. The summed E-state index contributed by atoms with van der Waals surface area (Å²) in [5.41, 5.74) is 1.57. The van der Waals surface area contributed by atoms with E-state index in [1.807, 2.05) is 6.07 Å². The normalized spacial score (nSPS) is 24.1. The molecule has 1 aromatic carbocycles. The van der Waals surface area contributed by atoms with Crippen molar-refractivity contribution in [3.8, 4) is 0 Å². The predicted octanol–water partition coefficient (Wildman–Crippen LogP) is 2.71. The Kier molecular flexibility index (Phi) is 7.89. The largest absolute Gasteiger partial charge is 0.375 e. The number of nitrogens with one attached hydrogen (secondary N) is 1. The third kappa shape index (κ3) is 5.27. The summed E-state index contributed by atoms with van der Waals surface area (Å²) in [4.78, 5) is 6.56. The van der Waals surface area contributed by atoms with Crippen molar-refractivity contribution in [3.05, 3.63) is 35.1 Å². The molecule has 0 aromatic heterocycles. The first-order valence-electron chi connectivity index (χ1n) is 8.61. The summed E-state index contributed by atoms with van der Waals surface area (Å²) in [5, 5.41) is 3.33. The summed E-state index contributed by atoms with van der Waals surface area (Å²) in [6, 6.07) is 5.31. The van der Waals surface area contributed by atoms with Gasteiger partial charge in [0.05, 0.1) is 12.7 Å². The zero-order valence-corrected chi connectivity index (χ0v) is 17.2. The minimum absolute atomic E-state index is 0. The maximum absolute atomic E-state index is 13.7. The number of morpholine rings is 1. The van der Waals surface area contributed by atoms with Gasteiger partial charge in [-0.15, -0.1) is 24.0 Å². The number of rotatable bonds is 3. The summed E-state index contributed by atoms with van der Waals surface area (Å²) in [6.07, 6.45) is 2.46. The van der Waals surface area contributed by atoms with Gasteiger partial charge in [-0.1, -0.05) is 12.1 Å². The minimum atomic E-state index is -0.172. The first-order valence-corrected chi connectivity index (χ1v) is 8.61. The molecule has 140 valence electrons. The molecule has 0 radical (unpaired) electrons. The smallest absolute Gasteiger partial charge is 0.194 e. The fourth-order valence-corrected chi connectivity index (χ4v) is 3.25. The van der Waals surface area contributed by atoms with Gasteiger partial charge in [-0.05, 0) is 37.0 Å². The third-order valence-electron chi connectivity index (χ3n) is 4.67. The molecule has 0 saturated carbocycles. The molecule has 0 aliphatic carbocycles. The number of aliphatic imine (C=N–C) groups is 1. The van der Waals surface area contributed by atoms with Crippen LogP contribution in [0.5, 0.6) is 0 Å². The number of aryl methyl sites for hydroxylation is 1. The van der Waals surface area contributed by atoms with E-state index in [4.69, 9.17) is 9.47 Å². The second-order valence-corrected chi connectivity index (χ2v) is 6.39. The highest BCUT2D eigenvalue weighted by molar-refractivity contribution is 14.0. The van der Waals surface area contributed by atoms with E-state index >= 15 is 0 Å². The monoisotopic (exact) mass is 463 g/mol. The maximum Gasteiger partial charge on any atom is 0.194 e. The molecule has 5 nitrogen and oxygen atoms in total. The Bertz CT molecular complexity index is 594. The van der Waals surface area contributed by atoms with E-state index in [-0.39, 0.29) is 42.0 Å². The molecule has 2 heterocycles. The molecule has 3 rings (SSSR count). The molecule has 0 amide bonds. The fourth-order valence-electron chi connectivity index (χ4n) is 3.25. The van der Waals surface area contributed by atoms with Gasteiger partial charge in [-0.2, -0.15) is 0 Å². The Morgan fingerprint density at radius 3 is 2.80 bits per heavy atom. The Hall–Kier alpha value is -0.930. The Labute approximate surface area is 166 Å². The van der Waals surface area contributed by atoms with Gasteiger partial charge < -0.3 is 19.7 Å². The summed E-state index contributed by atoms with van der Waals surface area (Å²) >= 11 is 0. The van der Waals surface area contributed by atoms with E-state index < -0.39 is 0 Å². The third-order valence-corrected chi connectivity index (χ3v) is 4.67. The van der Waals surface area contributed by atoms with Crippen molar-refractivity contribution in [2.24, 2.45) is 4.99 Å². The van der Waals surface area contributed by atoms with E-state index in [2.05, 4.69) is 15.2 Å². The lowest BCUT2D eigenvalue weighted by Gasteiger charge is -2.37. The van der Waals surface area contributed by atoms with Crippen LogP contribution in [0.2, 0.25) is 0 Å². The van der Waals surface area contributed by atoms with Crippen LogP contribution in [0.3, 0.4) is 0 Å². The number of hydrogen-bond donors (Lipinski definition) is 1. The molecule has 2 aliphatic rings. The average molecular weight is 463 g/mol. The number of benzene rings is 1. The number of ether oxygens (including phenoxy) is 2. The topological polar surface area (TPSA) is 46.1 Å². The molecular formula is C18H27FIN3O2. The maximum atomic E-state index is 13.7. The van der Waals surface area contributed by atoms with Crippen molar-refractivity contribution in [1.82, 2.24) is 10.2 Å². The summed E-state index contributed by atoms with van der Waals surface area (Å²) in [7, 11) is 1.77. The molecule has 25 heavy (non-hydrogen) atoms. The second-order valence-electron chi connectivity index (χ2n) is 6.39. The number of guanidine groups is 1. The van der Waals surface area contributed by atoms with Crippen molar-refractivity contribution < 1.29 is 13.9 Å². The first kappa shape index (κ1) is 20.4. The predicted molar refractivity (Wildman–Crippen MR) is 107 cm³/mol. The number of nitrogens with zero attached hydrogens (tertiary/aromatic N) is 2. The van der Waals surface area contributed by atoms with E-state index in [1.54, 1.807) is 26.1 Å². The van der Waals surface area contributed by atoms with Crippen LogP contribution in [0.4, 0.5) is 4.39 Å². The van der Waals surface area contributed by atoms with Crippen LogP contribution in [0.15, 0.2) is 23.2 Å². The molecule has 0 bridgehead atoms. The Morgan fingerprint density at radius 1 is 1.32 bits per heavy atom. The Morgan fingerprint density at radius 2 is 2.12 bits per heavy atom. The summed E-state index contributed by atoms with van der Waals surface area (Å²) < 4.78 is 25.3. The standard InChI is InChI=1S/C18H26FN3O2.HI/c1-13-5-6-14(10-15(13)19)11-21-18(20-2)22-7-9-24-17(12-22)16-4-3-8-23-16;/h5-6,10,16-17H,3-4,7-9,11-12H2,1-2H3,(H,20,21);1H. The van der Waals surface area contributed by atoms with Gasteiger partial charge in [0.15, 0.2) is 5.96 Å². The van der Waals surface area contributed by atoms with Gasteiger partial charge in [-0.25, -0.2) is 4.39 Å². The van der Waals surface area contributed by atoms with Crippen LogP contribution in [-0.2, 0) is 16.0 Å². The van der Waals surface area contributed by atoms with Gasteiger partial charge in [0.1, 0.15) is 11.9 Å². The number of hydrogen-bond acceptors (Lipinski definition) is 3. The molecule has 2 aliphatic heterocycles. The lowest BCUT2D eigenvalue weighted by Crippen LogP contribution is -2.53. The van der Waals surface area contributed by atoms with Crippen LogP contribution < -0.4 is 5.32 Å². The van der Waals surface area contributed by atoms with Gasteiger partial charge in [-0.3, -0.25) is 4.99 Å². The minimum Gasteiger partial charge on any atom is -0.375 e. The van der Waals surface area contributed by atoms with E-state index in [0.717, 1.165) is 44.1 Å². The molecule has 2 saturated heterocycles. The van der Waals surface area contributed by atoms with Gasteiger partial charge in [0.25, 0.3) is 0 Å². The zero-order valence-electron chi connectivity index (χ0n) is 14.8. The van der Waals surface area contributed by atoms with Crippen molar-refractivity contribution in [1.29, 1.82) is 0 Å². The molecular weight excluding hydrogens is 436 g/mol. The quantitative estimate of drug-likeness (QED) is 0.426. The molecule has 0 spiro atoms. The highest BCUT2D eigenvalue weighted by Crippen LogP contribution is 2.21.